The van der Waals surface area contributed by atoms with Crippen LogP contribution in [0.4, 0.5) is 5.69 Å². The second-order valence-electron chi connectivity index (χ2n) is 7.13. The average molecular weight is 426 g/mol. The van der Waals surface area contributed by atoms with Gasteiger partial charge in [-0.25, -0.2) is 5.48 Å². The highest BCUT2D eigenvalue weighted by Crippen LogP contribution is 2.26. The number of benzene rings is 2. The van der Waals surface area contributed by atoms with Crippen LogP contribution in [0.5, 0.6) is 0 Å². The van der Waals surface area contributed by atoms with Gasteiger partial charge < -0.3 is 9.80 Å². The maximum absolute atomic E-state index is 12.9. The van der Waals surface area contributed by atoms with Gasteiger partial charge in [-0.15, -0.1) is 0 Å². The number of hydrogen-bond donors (Lipinski definition) is 2. The highest BCUT2D eigenvalue weighted by molar-refractivity contribution is 6.31. The lowest BCUT2D eigenvalue weighted by molar-refractivity contribution is -0.124. The minimum Gasteiger partial charge on any atom is -0.368 e. The molecule has 156 valence electrons. The van der Waals surface area contributed by atoms with Gasteiger partial charge in [-0.2, -0.15) is 0 Å². The van der Waals surface area contributed by atoms with Gasteiger partial charge in [0.1, 0.15) is 0 Å². The number of hydroxylamine groups is 1. The summed E-state index contributed by atoms with van der Waals surface area (Å²) in [6.45, 7) is 3.64. The van der Waals surface area contributed by atoms with Crippen molar-refractivity contribution in [2.24, 2.45) is 0 Å². The van der Waals surface area contributed by atoms with Gasteiger partial charge in [0, 0.05) is 48.5 Å². The summed E-state index contributed by atoms with van der Waals surface area (Å²) in [6.07, 6.45) is 6.12. The maximum atomic E-state index is 12.9. The highest BCUT2D eigenvalue weighted by atomic mass is 35.5. The van der Waals surface area contributed by atoms with Crippen molar-refractivity contribution in [2.45, 2.75) is 0 Å². The third-order valence-electron chi connectivity index (χ3n) is 4.97. The van der Waals surface area contributed by atoms with E-state index in [-0.39, 0.29) is 5.78 Å². The molecule has 0 aromatic heterocycles. The number of hydrogen-bond acceptors (Lipinski definition) is 5. The molecule has 1 aliphatic heterocycles. The molecule has 0 radical (unpaired) electrons. The molecule has 6 nitrogen and oxygen atoms in total. The Morgan fingerprint density at radius 2 is 1.57 bits per heavy atom. The fourth-order valence-electron chi connectivity index (χ4n) is 3.22. The normalized spacial score (nSPS) is 15.1. The predicted octanol–water partition coefficient (Wildman–Crippen LogP) is 3.51. The standard InChI is InChI=1S/C23H24ClN3O3/c1-26-12-14-27(15-13-26)21-9-8-19(24)16-20(21)22(28)10-6-17-2-4-18(5-3-17)7-11-23(29)25-30/h2-11,16,30H,12-15H2,1H3,(H,25,29)/b10-6+,11-7+. The summed E-state index contributed by atoms with van der Waals surface area (Å²) in [5.74, 6) is -0.697. The molecule has 30 heavy (non-hydrogen) atoms. The molecule has 0 aliphatic carbocycles. The zero-order chi connectivity index (χ0) is 21.5. The summed E-state index contributed by atoms with van der Waals surface area (Å²) in [7, 11) is 2.09. The number of allylic oxidation sites excluding steroid dienone is 1. The van der Waals surface area contributed by atoms with Crippen molar-refractivity contribution < 1.29 is 14.8 Å². The highest BCUT2D eigenvalue weighted by Gasteiger charge is 2.19. The quantitative estimate of drug-likeness (QED) is 0.321. The van der Waals surface area contributed by atoms with Gasteiger partial charge in [0.05, 0.1) is 0 Å². The summed E-state index contributed by atoms with van der Waals surface area (Å²) in [5.41, 5.74) is 4.70. The summed E-state index contributed by atoms with van der Waals surface area (Å²) < 4.78 is 0. The SMILES string of the molecule is CN1CCN(c2ccc(Cl)cc2C(=O)/C=C/c2ccc(/C=C/C(=O)NO)cc2)CC1. The van der Waals surface area contributed by atoms with E-state index in [4.69, 9.17) is 16.8 Å². The molecule has 7 heteroatoms. The number of likely N-dealkylation sites (N-methyl/N-ethyl adjacent to an activating group) is 1. The maximum Gasteiger partial charge on any atom is 0.267 e. The smallest absolute Gasteiger partial charge is 0.267 e. The summed E-state index contributed by atoms with van der Waals surface area (Å²) in [4.78, 5) is 28.4. The second-order valence-corrected chi connectivity index (χ2v) is 7.56. The lowest BCUT2D eigenvalue weighted by atomic mass is 10.0. The first-order valence-electron chi connectivity index (χ1n) is 9.64. The van der Waals surface area contributed by atoms with Crippen molar-refractivity contribution in [1.82, 2.24) is 10.4 Å². The van der Waals surface area contributed by atoms with Crippen molar-refractivity contribution in [3.8, 4) is 0 Å². The lowest BCUT2D eigenvalue weighted by Crippen LogP contribution is -2.44. The fourth-order valence-corrected chi connectivity index (χ4v) is 3.39. The number of carbonyl (C=O) groups excluding carboxylic acids is 2. The minimum atomic E-state index is -0.595. The zero-order valence-corrected chi connectivity index (χ0v) is 17.5. The van der Waals surface area contributed by atoms with Crippen LogP contribution in [0.15, 0.2) is 54.6 Å². The van der Waals surface area contributed by atoms with Crippen molar-refractivity contribution >= 4 is 41.1 Å². The molecule has 1 heterocycles. The number of ketones is 1. The Morgan fingerprint density at radius 1 is 0.967 bits per heavy atom. The van der Waals surface area contributed by atoms with Gasteiger partial charge in [-0.1, -0.05) is 41.9 Å². The Morgan fingerprint density at radius 3 is 2.17 bits per heavy atom. The summed E-state index contributed by atoms with van der Waals surface area (Å²) in [6, 6.07) is 12.8. The Labute approximate surface area is 181 Å². The molecule has 2 N–H and O–H groups in total. The van der Waals surface area contributed by atoms with E-state index in [0.29, 0.717) is 10.6 Å². The van der Waals surface area contributed by atoms with E-state index in [1.54, 1.807) is 24.3 Å². The Bertz CT molecular complexity index is 962. The van der Waals surface area contributed by atoms with E-state index in [0.717, 1.165) is 43.0 Å². The van der Waals surface area contributed by atoms with Gasteiger partial charge in [-0.3, -0.25) is 14.8 Å². The first-order chi connectivity index (χ1) is 14.5. The van der Waals surface area contributed by atoms with E-state index in [2.05, 4.69) is 16.8 Å². The number of anilines is 1. The number of nitrogens with one attached hydrogen (secondary N) is 1. The zero-order valence-electron chi connectivity index (χ0n) is 16.7. The molecule has 1 fully saturated rings. The van der Waals surface area contributed by atoms with E-state index < -0.39 is 5.91 Å². The van der Waals surface area contributed by atoms with Gasteiger partial charge in [0.15, 0.2) is 5.78 Å². The third kappa shape index (κ3) is 5.79. The predicted molar refractivity (Wildman–Crippen MR) is 120 cm³/mol. The fraction of sp³-hybridized carbons (Fsp3) is 0.217. The molecule has 2 aromatic carbocycles. The van der Waals surface area contributed by atoms with E-state index >= 15 is 0 Å². The average Bonchev–Trinajstić information content (AvgIpc) is 2.77. The number of carbonyl (C=O) groups is 2. The Hall–Kier alpha value is -2.93. The van der Waals surface area contributed by atoms with Crippen LogP contribution < -0.4 is 10.4 Å². The molecule has 0 spiro atoms. The van der Waals surface area contributed by atoms with E-state index in [1.807, 2.05) is 36.4 Å². The molecular formula is C23H24ClN3O3. The number of halogens is 1. The van der Waals surface area contributed by atoms with Crippen LogP contribution >= 0.6 is 11.6 Å². The molecule has 0 saturated carbocycles. The number of nitrogens with zero attached hydrogens (tertiary/aromatic N) is 2. The number of rotatable bonds is 6. The molecule has 1 aliphatic rings. The van der Waals surface area contributed by atoms with E-state index in [9.17, 15) is 9.59 Å². The lowest BCUT2D eigenvalue weighted by Gasteiger charge is -2.35. The molecular weight excluding hydrogens is 402 g/mol. The molecule has 2 aromatic rings. The van der Waals surface area contributed by atoms with Gasteiger partial charge >= 0.3 is 0 Å². The van der Waals surface area contributed by atoms with Gasteiger partial charge in [0.25, 0.3) is 5.91 Å². The van der Waals surface area contributed by atoms with Crippen LogP contribution in [0.2, 0.25) is 5.02 Å². The van der Waals surface area contributed by atoms with Gasteiger partial charge in [0.2, 0.25) is 0 Å². The number of amides is 1. The molecule has 0 unspecified atom stereocenters. The molecule has 0 bridgehead atoms. The van der Waals surface area contributed by atoms with Crippen LogP contribution in [-0.2, 0) is 4.79 Å². The first kappa shape index (κ1) is 21.8. The van der Waals surface area contributed by atoms with Crippen LogP contribution in [-0.4, -0.2) is 55.0 Å². The van der Waals surface area contributed by atoms with Crippen LogP contribution in [0.3, 0.4) is 0 Å². The molecule has 3 rings (SSSR count). The largest absolute Gasteiger partial charge is 0.368 e. The first-order valence-corrected chi connectivity index (χ1v) is 10.0. The monoisotopic (exact) mass is 425 g/mol. The second kappa shape index (κ2) is 10.2. The Kier molecular flexibility index (Phi) is 7.41. The topological polar surface area (TPSA) is 72.9 Å². The van der Waals surface area contributed by atoms with Crippen LogP contribution in [0.1, 0.15) is 21.5 Å². The van der Waals surface area contributed by atoms with Crippen molar-refractivity contribution in [3.05, 3.63) is 76.3 Å². The van der Waals surface area contributed by atoms with Crippen LogP contribution in [0.25, 0.3) is 12.2 Å². The Balaban J connectivity index is 1.74. The summed E-state index contributed by atoms with van der Waals surface area (Å²) >= 11 is 6.17. The van der Waals surface area contributed by atoms with Crippen molar-refractivity contribution in [2.75, 3.05) is 38.1 Å². The van der Waals surface area contributed by atoms with Gasteiger partial charge in [-0.05, 0) is 48.5 Å². The van der Waals surface area contributed by atoms with Crippen LogP contribution in [0, 0.1) is 0 Å². The van der Waals surface area contributed by atoms with Crippen molar-refractivity contribution in [1.29, 1.82) is 0 Å². The molecule has 0 atom stereocenters. The molecule has 1 saturated heterocycles. The van der Waals surface area contributed by atoms with E-state index in [1.165, 1.54) is 11.6 Å². The van der Waals surface area contributed by atoms with Crippen molar-refractivity contribution in [3.63, 3.8) is 0 Å². The molecule has 1 amide bonds. The third-order valence-corrected chi connectivity index (χ3v) is 5.20. The summed E-state index contributed by atoms with van der Waals surface area (Å²) in [5, 5.41) is 9.03. The minimum absolute atomic E-state index is 0.102. The number of piperazine rings is 1.